The third kappa shape index (κ3) is 5.62. The maximum Gasteiger partial charge on any atom is 0.241 e. The number of nitrogens with one attached hydrogen (secondary N) is 2. The van der Waals surface area contributed by atoms with Crippen LogP contribution in [0.2, 0.25) is 0 Å². The Morgan fingerprint density at radius 2 is 1.96 bits per heavy atom. The third-order valence-corrected chi connectivity index (χ3v) is 6.30. The normalized spacial score (nSPS) is 12.7. The predicted octanol–water partition coefficient (Wildman–Crippen LogP) is 2.46. The Morgan fingerprint density at radius 1 is 1.21 bits per heavy atom. The van der Waals surface area contributed by atoms with Gasteiger partial charge in [0.15, 0.2) is 0 Å². The number of thiophene rings is 1. The highest BCUT2D eigenvalue weighted by atomic mass is 32.2. The molecule has 0 saturated carbocycles. The highest BCUT2D eigenvalue weighted by Gasteiger charge is 2.25. The van der Waals surface area contributed by atoms with Gasteiger partial charge in [-0.3, -0.25) is 4.79 Å². The van der Waals surface area contributed by atoms with Gasteiger partial charge in [-0.05, 0) is 42.0 Å². The summed E-state index contributed by atoms with van der Waals surface area (Å²) in [4.78, 5) is 13.6. The summed E-state index contributed by atoms with van der Waals surface area (Å²) in [5.74, 6) is 0.381. The lowest BCUT2D eigenvalue weighted by molar-refractivity contribution is -0.122. The average molecular weight is 385 g/mol. The molecular weight excluding hydrogens is 364 g/mol. The molecule has 1 heterocycles. The van der Waals surface area contributed by atoms with Gasteiger partial charge >= 0.3 is 0 Å². The van der Waals surface area contributed by atoms with Crippen LogP contribution in [0.3, 0.4) is 0 Å². The molecule has 1 aromatic carbocycles. The second-order valence-corrected chi connectivity index (χ2v) is 8.80. The molecule has 2 rings (SSSR count). The van der Waals surface area contributed by atoms with E-state index in [1.54, 1.807) is 41.3 Å². The zero-order valence-corrected chi connectivity index (χ0v) is 15.7. The number of sulfonamides is 1. The summed E-state index contributed by atoms with van der Waals surface area (Å²) in [7, 11) is -3.72. The maximum absolute atomic E-state index is 12.4. The first-order valence-corrected chi connectivity index (χ1v) is 11.1. The van der Waals surface area contributed by atoms with Gasteiger partial charge in [-0.1, -0.05) is 24.3 Å². The van der Waals surface area contributed by atoms with E-state index in [0.29, 0.717) is 18.7 Å². The minimum Gasteiger partial charge on any atom is -0.350 e. The first-order chi connectivity index (χ1) is 11.5. The highest BCUT2D eigenvalue weighted by molar-refractivity contribution is 7.98. The van der Waals surface area contributed by atoms with Crippen molar-refractivity contribution in [2.45, 2.75) is 23.9 Å². The zero-order valence-electron chi connectivity index (χ0n) is 13.3. The molecule has 0 saturated heterocycles. The lowest BCUT2D eigenvalue weighted by Gasteiger charge is -2.18. The van der Waals surface area contributed by atoms with Crippen molar-refractivity contribution >= 4 is 39.0 Å². The molecule has 2 aromatic rings. The van der Waals surface area contributed by atoms with Crippen LogP contribution in [0.5, 0.6) is 0 Å². The van der Waals surface area contributed by atoms with E-state index in [0.717, 1.165) is 4.88 Å². The lowest BCUT2D eigenvalue weighted by atomic mass is 10.2. The number of benzene rings is 1. The summed E-state index contributed by atoms with van der Waals surface area (Å²) in [5, 5.41) is 4.74. The van der Waals surface area contributed by atoms with Crippen molar-refractivity contribution in [3.63, 3.8) is 0 Å². The molecule has 1 atom stereocenters. The molecule has 8 heteroatoms. The fraction of sp³-hybridized carbons (Fsp3) is 0.312. The number of amides is 1. The minimum atomic E-state index is -3.72. The van der Waals surface area contributed by atoms with E-state index >= 15 is 0 Å². The largest absolute Gasteiger partial charge is 0.350 e. The molecule has 0 aliphatic heterocycles. The Bertz CT molecular complexity index is 731. The second kappa shape index (κ2) is 9.22. The van der Waals surface area contributed by atoms with Crippen LogP contribution in [0.15, 0.2) is 52.7 Å². The monoisotopic (exact) mass is 384 g/mol. The van der Waals surface area contributed by atoms with E-state index in [-0.39, 0.29) is 10.8 Å². The highest BCUT2D eigenvalue weighted by Crippen LogP contribution is 2.11. The Kier molecular flexibility index (Phi) is 7.29. The van der Waals surface area contributed by atoms with Crippen molar-refractivity contribution in [2.24, 2.45) is 0 Å². The van der Waals surface area contributed by atoms with Gasteiger partial charge in [-0.25, -0.2) is 8.42 Å². The number of carbonyl (C=O) groups excluding carboxylic acids is 1. The number of thioether (sulfide) groups is 1. The first-order valence-electron chi connectivity index (χ1n) is 7.39. The summed E-state index contributed by atoms with van der Waals surface area (Å²) < 4.78 is 27.4. The Balaban J connectivity index is 2.05. The van der Waals surface area contributed by atoms with Crippen molar-refractivity contribution in [3.05, 3.63) is 52.7 Å². The predicted molar refractivity (Wildman–Crippen MR) is 99.7 cm³/mol. The Morgan fingerprint density at radius 3 is 2.58 bits per heavy atom. The lowest BCUT2D eigenvalue weighted by Crippen LogP contribution is -2.46. The van der Waals surface area contributed by atoms with Crippen molar-refractivity contribution in [1.82, 2.24) is 10.0 Å². The van der Waals surface area contributed by atoms with Crippen LogP contribution in [-0.4, -0.2) is 32.4 Å². The van der Waals surface area contributed by atoms with Gasteiger partial charge < -0.3 is 5.32 Å². The van der Waals surface area contributed by atoms with Gasteiger partial charge in [-0.2, -0.15) is 16.5 Å². The van der Waals surface area contributed by atoms with E-state index in [1.165, 1.54) is 12.1 Å². The Hall–Kier alpha value is -1.35. The number of carbonyl (C=O) groups is 1. The summed E-state index contributed by atoms with van der Waals surface area (Å²) in [5.41, 5.74) is 0. The van der Waals surface area contributed by atoms with Gasteiger partial charge in [0, 0.05) is 4.88 Å². The molecule has 0 aliphatic rings. The van der Waals surface area contributed by atoms with Gasteiger partial charge in [0.2, 0.25) is 15.9 Å². The molecule has 1 aromatic heterocycles. The molecule has 1 unspecified atom stereocenters. The van der Waals surface area contributed by atoms with Crippen LogP contribution in [-0.2, 0) is 21.4 Å². The minimum absolute atomic E-state index is 0.158. The first kappa shape index (κ1) is 19.0. The van der Waals surface area contributed by atoms with Gasteiger partial charge in [0.1, 0.15) is 6.04 Å². The SMILES string of the molecule is CSCCC(NS(=O)(=O)c1ccccc1)C(=O)NCc1cccs1. The quantitative estimate of drug-likeness (QED) is 0.696. The molecular formula is C16H20N2O3S3. The molecule has 0 radical (unpaired) electrons. The molecule has 130 valence electrons. The van der Waals surface area contributed by atoms with Crippen molar-refractivity contribution in [3.8, 4) is 0 Å². The molecule has 0 fully saturated rings. The fourth-order valence-corrected chi connectivity index (χ4v) is 4.41. The summed E-state index contributed by atoms with van der Waals surface area (Å²) in [6.45, 7) is 0.402. The molecule has 1 amide bonds. The molecule has 0 aliphatic carbocycles. The smallest absolute Gasteiger partial charge is 0.241 e. The number of hydrogen-bond donors (Lipinski definition) is 2. The number of rotatable bonds is 9. The molecule has 5 nitrogen and oxygen atoms in total. The molecule has 0 spiro atoms. The average Bonchev–Trinajstić information content (AvgIpc) is 3.10. The van der Waals surface area contributed by atoms with Crippen LogP contribution in [0.25, 0.3) is 0 Å². The van der Waals surface area contributed by atoms with E-state index in [9.17, 15) is 13.2 Å². The molecule has 0 bridgehead atoms. The molecule has 24 heavy (non-hydrogen) atoms. The Labute approximate surface area is 150 Å². The summed E-state index contributed by atoms with van der Waals surface area (Å²) in [6, 6.07) is 11.1. The van der Waals surface area contributed by atoms with Crippen molar-refractivity contribution in [1.29, 1.82) is 0 Å². The summed E-state index contributed by atoms with van der Waals surface area (Å²) in [6.07, 6.45) is 2.36. The second-order valence-electron chi connectivity index (χ2n) is 5.07. The number of hydrogen-bond acceptors (Lipinski definition) is 5. The van der Waals surface area contributed by atoms with Crippen molar-refractivity contribution < 1.29 is 13.2 Å². The van der Waals surface area contributed by atoms with Crippen LogP contribution in [0.1, 0.15) is 11.3 Å². The van der Waals surface area contributed by atoms with Gasteiger partial charge in [0.05, 0.1) is 11.4 Å². The van der Waals surface area contributed by atoms with Gasteiger partial charge in [0.25, 0.3) is 0 Å². The van der Waals surface area contributed by atoms with Crippen LogP contribution >= 0.6 is 23.1 Å². The van der Waals surface area contributed by atoms with E-state index in [4.69, 9.17) is 0 Å². The van der Waals surface area contributed by atoms with Crippen molar-refractivity contribution in [2.75, 3.05) is 12.0 Å². The molecule has 2 N–H and O–H groups in total. The van der Waals surface area contributed by atoms with Crippen LogP contribution < -0.4 is 10.0 Å². The van der Waals surface area contributed by atoms with E-state index in [2.05, 4.69) is 10.0 Å². The zero-order chi connectivity index (χ0) is 17.4. The topological polar surface area (TPSA) is 75.3 Å². The van der Waals surface area contributed by atoms with Crippen LogP contribution in [0.4, 0.5) is 0 Å². The third-order valence-electron chi connectivity index (χ3n) is 3.30. The summed E-state index contributed by atoms with van der Waals surface area (Å²) >= 11 is 3.12. The van der Waals surface area contributed by atoms with E-state index in [1.807, 2.05) is 23.8 Å². The standard InChI is InChI=1S/C16H20N2O3S3/c1-22-11-9-15(16(19)17-12-13-6-5-10-23-13)18-24(20,21)14-7-3-2-4-8-14/h2-8,10,15,18H,9,11-12H2,1H3,(H,17,19). The van der Waals surface area contributed by atoms with E-state index < -0.39 is 16.1 Å². The maximum atomic E-state index is 12.4. The van der Waals surface area contributed by atoms with Crippen LogP contribution in [0, 0.1) is 0 Å². The fourth-order valence-electron chi connectivity index (χ4n) is 2.04. The van der Waals surface area contributed by atoms with Gasteiger partial charge in [-0.15, -0.1) is 11.3 Å².